The number of carboxylic acids is 1. The Morgan fingerprint density at radius 3 is 2.53 bits per heavy atom. The minimum atomic E-state index is -1.03. The summed E-state index contributed by atoms with van der Waals surface area (Å²) in [5.74, 6) is -1.83. The van der Waals surface area contributed by atoms with Gasteiger partial charge in [0.05, 0.1) is 5.56 Å². The van der Waals surface area contributed by atoms with E-state index in [2.05, 4.69) is 4.98 Å². The van der Waals surface area contributed by atoms with Gasteiger partial charge in [0.25, 0.3) is 0 Å². The Hall–Kier alpha value is -2.43. The van der Waals surface area contributed by atoms with E-state index in [-0.39, 0.29) is 11.4 Å². The highest BCUT2D eigenvalue weighted by atomic mass is 19.1. The van der Waals surface area contributed by atoms with E-state index in [1.54, 1.807) is 12.1 Å². The molecule has 0 saturated carbocycles. The fourth-order valence-electron chi connectivity index (χ4n) is 1.44. The molecule has 0 aliphatic rings. The first-order chi connectivity index (χ1) is 9.08. The van der Waals surface area contributed by atoms with Crippen LogP contribution in [0.5, 0.6) is 0 Å². The van der Waals surface area contributed by atoms with Crippen LogP contribution in [-0.2, 0) is 0 Å². The molecule has 4 nitrogen and oxygen atoms in total. The summed E-state index contributed by atoms with van der Waals surface area (Å²) < 4.78 is 13.2. The molecule has 0 amide bonds. The molecule has 19 heavy (non-hydrogen) atoms. The molecule has 100 valence electrons. The first-order valence-corrected chi connectivity index (χ1v) is 5.82. The van der Waals surface area contributed by atoms with Gasteiger partial charge < -0.3 is 10.8 Å². The summed E-state index contributed by atoms with van der Waals surface area (Å²) in [6, 6.07) is 7.41. The molecule has 0 bridgehead atoms. The Kier molecular flexibility index (Phi) is 5.00. The van der Waals surface area contributed by atoms with Crippen molar-refractivity contribution in [3.63, 3.8) is 0 Å². The first-order valence-electron chi connectivity index (χ1n) is 5.82. The summed E-state index contributed by atoms with van der Waals surface area (Å²) in [6.07, 6.45) is 1.40. The monoisotopic (exact) mass is 262 g/mol. The molecule has 0 saturated heterocycles. The second kappa shape index (κ2) is 6.49. The van der Waals surface area contributed by atoms with Gasteiger partial charge in [-0.15, -0.1) is 0 Å². The van der Waals surface area contributed by atoms with Crippen LogP contribution in [0.1, 0.15) is 24.2 Å². The van der Waals surface area contributed by atoms with E-state index >= 15 is 0 Å². The SMILES string of the molecule is CC.Nc1ncc(-c2cccc(C(=O)O)c2)cc1F. The highest BCUT2D eigenvalue weighted by Crippen LogP contribution is 2.22. The van der Waals surface area contributed by atoms with Crippen molar-refractivity contribution in [2.75, 3.05) is 5.73 Å². The lowest BCUT2D eigenvalue weighted by atomic mass is 10.0. The van der Waals surface area contributed by atoms with Gasteiger partial charge in [0.1, 0.15) is 0 Å². The van der Waals surface area contributed by atoms with Gasteiger partial charge >= 0.3 is 5.97 Å². The van der Waals surface area contributed by atoms with Gasteiger partial charge in [-0.05, 0) is 23.8 Å². The number of hydrogen-bond donors (Lipinski definition) is 2. The van der Waals surface area contributed by atoms with Crippen LogP contribution in [-0.4, -0.2) is 16.1 Å². The van der Waals surface area contributed by atoms with Gasteiger partial charge in [-0.3, -0.25) is 0 Å². The van der Waals surface area contributed by atoms with Crippen LogP contribution in [0.15, 0.2) is 36.5 Å². The van der Waals surface area contributed by atoms with Crippen LogP contribution in [0.3, 0.4) is 0 Å². The van der Waals surface area contributed by atoms with Crippen molar-refractivity contribution >= 4 is 11.8 Å². The first kappa shape index (κ1) is 14.6. The lowest BCUT2D eigenvalue weighted by molar-refractivity contribution is 0.0697. The van der Waals surface area contributed by atoms with E-state index < -0.39 is 11.8 Å². The largest absolute Gasteiger partial charge is 0.478 e. The maximum absolute atomic E-state index is 13.2. The molecule has 1 heterocycles. The summed E-state index contributed by atoms with van der Waals surface area (Å²) in [6.45, 7) is 4.00. The number of rotatable bonds is 2. The molecule has 2 rings (SSSR count). The summed E-state index contributed by atoms with van der Waals surface area (Å²) in [5.41, 5.74) is 6.47. The van der Waals surface area contributed by atoms with Crippen molar-refractivity contribution in [3.8, 4) is 11.1 Å². The lowest BCUT2D eigenvalue weighted by Gasteiger charge is -2.03. The highest BCUT2D eigenvalue weighted by molar-refractivity contribution is 5.89. The third kappa shape index (κ3) is 3.51. The van der Waals surface area contributed by atoms with Gasteiger partial charge in [0.2, 0.25) is 0 Å². The van der Waals surface area contributed by atoms with Crippen molar-refractivity contribution in [1.29, 1.82) is 0 Å². The third-order valence-electron chi connectivity index (χ3n) is 2.31. The second-order valence-corrected chi connectivity index (χ2v) is 3.48. The zero-order valence-electron chi connectivity index (χ0n) is 10.7. The van der Waals surface area contributed by atoms with Gasteiger partial charge in [-0.1, -0.05) is 26.0 Å². The molecular weight excluding hydrogens is 247 g/mol. The van der Waals surface area contributed by atoms with Crippen molar-refractivity contribution < 1.29 is 14.3 Å². The van der Waals surface area contributed by atoms with Crippen molar-refractivity contribution in [1.82, 2.24) is 4.98 Å². The zero-order valence-corrected chi connectivity index (χ0v) is 10.7. The van der Waals surface area contributed by atoms with Crippen molar-refractivity contribution in [2.45, 2.75) is 13.8 Å². The average molecular weight is 262 g/mol. The molecule has 1 aromatic heterocycles. The number of carboxylic acid groups (broad SMARTS) is 1. The van der Waals surface area contributed by atoms with Crippen LogP contribution in [0.25, 0.3) is 11.1 Å². The van der Waals surface area contributed by atoms with Crippen LogP contribution >= 0.6 is 0 Å². The van der Waals surface area contributed by atoms with Gasteiger partial charge in [0.15, 0.2) is 11.6 Å². The molecule has 2 aromatic rings. The molecule has 0 unspecified atom stereocenters. The predicted molar refractivity (Wildman–Crippen MR) is 72.4 cm³/mol. The summed E-state index contributed by atoms with van der Waals surface area (Å²) in [4.78, 5) is 14.5. The van der Waals surface area contributed by atoms with Crippen molar-refractivity contribution in [3.05, 3.63) is 47.9 Å². The van der Waals surface area contributed by atoms with Gasteiger partial charge in [0, 0.05) is 11.8 Å². The molecule has 3 N–H and O–H groups in total. The highest BCUT2D eigenvalue weighted by Gasteiger charge is 2.07. The third-order valence-corrected chi connectivity index (χ3v) is 2.31. The topological polar surface area (TPSA) is 76.2 Å². The molecule has 0 spiro atoms. The quantitative estimate of drug-likeness (QED) is 0.871. The van der Waals surface area contributed by atoms with E-state index in [0.717, 1.165) is 0 Å². The number of pyridine rings is 1. The molecule has 5 heteroatoms. The number of hydrogen-bond acceptors (Lipinski definition) is 3. The Morgan fingerprint density at radius 1 is 1.26 bits per heavy atom. The minimum absolute atomic E-state index is 0.139. The predicted octanol–water partition coefficient (Wildman–Crippen LogP) is 3.19. The molecule has 0 aliphatic heterocycles. The average Bonchev–Trinajstić information content (AvgIpc) is 2.44. The summed E-state index contributed by atoms with van der Waals surface area (Å²) in [5, 5.41) is 8.85. The van der Waals surface area contributed by atoms with Gasteiger partial charge in [-0.2, -0.15) is 0 Å². The molecule has 0 radical (unpaired) electrons. The molecule has 0 fully saturated rings. The van der Waals surface area contributed by atoms with E-state index in [4.69, 9.17) is 10.8 Å². The Balaban J connectivity index is 0.000000861. The van der Waals surface area contributed by atoms with Crippen molar-refractivity contribution in [2.24, 2.45) is 0 Å². The van der Waals surface area contributed by atoms with Crippen LogP contribution in [0.2, 0.25) is 0 Å². The number of nitrogens with two attached hydrogens (primary N) is 1. The molecule has 0 atom stereocenters. The number of carbonyl (C=O) groups is 1. The van der Waals surface area contributed by atoms with Gasteiger partial charge in [-0.25, -0.2) is 14.2 Å². The number of nitrogens with zero attached hydrogens (tertiary/aromatic N) is 1. The maximum atomic E-state index is 13.2. The maximum Gasteiger partial charge on any atom is 0.335 e. The zero-order chi connectivity index (χ0) is 14.4. The standard InChI is InChI=1S/C12H9FN2O2.C2H6/c13-10-5-9(6-15-11(10)14)7-2-1-3-8(4-7)12(16)17;1-2/h1-6H,(H2,14,15)(H,16,17);1-2H3. The Morgan fingerprint density at radius 2 is 1.95 bits per heavy atom. The number of benzene rings is 1. The number of halogens is 1. The fourth-order valence-corrected chi connectivity index (χ4v) is 1.44. The molecular formula is C14H15FN2O2. The van der Waals surface area contributed by atoms with Crippen LogP contribution in [0.4, 0.5) is 10.2 Å². The van der Waals surface area contributed by atoms with Crippen LogP contribution < -0.4 is 5.73 Å². The Bertz CT molecular complexity index is 585. The smallest absolute Gasteiger partial charge is 0.335 e. The lowest BCUT2D eigenvalue weighted by Crippen LogP contribution is -1.97. The van der Waals surface area contributed by atoms with E-state index in [1.807, 2.05) is 13.8 Å². The number of aromatic nitrogens is 1. The number of nitrogen functional groups attached to an aromatic ring is 1. The summed E-state index contributed by atoms with van der Waals surface area (Å²) in [7, 11) is 0. The molecule has 0 aliphatic carbocycles. The number of aromatic carboxylic acids is 1. The van der Waals surface area contributed by atoms with Crippen LogP contribution in [0, 0.1) is 5.82 Å². The normalized spacial score (nSPS) is 9.42. The van der Waals surface area contributed by atoms with E-state index in [0.29, 0.717) is 11.1 Å². The second-order valence-electron chi connectivity index (χ2n) is 3.48. The molecule has 1 aromatic carbocycles. The minimum Gasteiger partial charge on any atom is -0.478 e. The fraction of sp³-hybridized carbons (Fsp3) is 0.143. The van der Waals surface area contributed by atoms with E-state index in [1.165, 1.54) is 24.4 Å². The summed E-state index contributed by atoms with van der Waals surface area (Å²) >= 11 is 0. The Labute approximate surface area is 110 Å². The number of anilines is 1. The van der Waals surface area contributed by atoms with E-state index in [9.17, 15) is 9.18 Å².